The fraction of sp³-hybridized carbons (Fsp3) is 0.462. The summed E-state index contributed by atoms with van der Waals surface area (Å²) in [7, 11) is -3.67. The molecule has 0 aromatic heterocycles. The van der Waals surface area contributed by atoms with E-state index in [1.54, 1.807) is 0 Å². The van der Waals surface area contributed by atoms with E-state index in [2.05, 4.69) is 5.32 Å². The molecule has 3 aliphatic carbocycles. The monoisotopic (exact) mass is 317 g/mol. The zero-order chi connectivity index (χ0) is 14.8. The number of benzene rings is 1. The van der Waals surface area contributed by atoms with Crippen LogP contribution >= 0.6 is 11.6 Å². The SMILES string of the molecule is CS(=O)(=O)c1cc(F)ccc1C(=O)NC12CC(Cl)(C1)C2. The van der Waals surface area contributed by atoms with Gasteiger partial charge in [0.25, 0.3) is 5.91 Å². The van der Waals surface area contributed by atoms with Gasteiger partial charge in [0, 0.05) is 11.8 Å². The predicted octanol–water partition coefficient (Wildman–Crippen LogP) is 1.87. The lowest BCUT2D eigenvalue weighted by Crippen LogP contribution is -2.76. The molecule has 1 aromatic carbocycles. The van der Waals surface area contributed by atoms with Gasteiger partial charge in [0.15, 0.2) is 9.84 Å². The van der Waals surface area contributed by atoms with Gasteiger partial charge < -0.3 is 5.32 Å². The maximum atomic E-state index is 13.2. The molecule has 2 bridgehead atoms. The first-order valence-electron chi connectivity index (χ1n) is 6.14. The van der Waals surface area contributed by atoms with Crippen molar-refractivity contribution in [3.8, 4) is 0 Å². The Morgan fingerprint density at radius 1 is 1.35 bits per heavy atom. The topological polar surface area (TPSA) is 63.2 Å². The molecule has 1 amide bonds. The van der Waals surface area contributed by atoms with Crippen molar-refractivity contribution in [2.45, 2.75) is 34.6 Å². The second-order valence-corrected chi connectivity index (χ2v) is 8.61. The van der Waals surface area contributed by atoms with Crippen LogP contribution in [0.5, 0.6) is 0 Å². The number of hydrogen-bond donors (Lipinski definition) is 1. The molecule has 0 spiro atoms. The Kier molecular flexibility index (Phi) is 2.73. The number of alkyl halides is 1. The van der Waals surface area contributed by atoms with Crippen molar-refractivity contribution in [1.82, 2.24) is 5.32 Å². The van der Waals surface area contributed by atoms with Gasteiger partial charge in [0.05, 0.1) is 15.3 Å². The summed E-state index contributed by atoms with van der Waals surface area (Å²) < 4.78 is 36.5. The summed E-state index contributed by atoms with van der Waals surface area (Å²) in [6.45, 7) is 0. The first-order chi connectivity index (χ1) is 9.13. The molecule has 7 heteroatoms. The largest absolute Gasteiger partial charge is 0.346 e. The van der Waals surface area contributed by atoms with Crippen LogP contribution in [0.2, 0.25) is 0 Å². The van der Waals surface area contributed by atoms with E-state index in [0.717, 1.165) is 18.4 Å². The minimum absolute atomic E-state index is 0.0257. The third kappa shape index (κ3) is 2.11. The first-order valence-corrected chi connectivity index (χ1v) is 8.41. The molecule has 3 aliphatic rings. The van der Waals surface area contributed by atoms with Gasteiger partial charge in [0.1, 0.15) is 5.82 Å². The minimum atomic E-state index is -3.67. The third-order valence-corrected chi connectivity index (χ3v) is 5.47. The normalized spacial score (nSPS) is 31.1. The summed E-state index contributed by atoms with van der Waals surface area (Å²) in [6.07, 6.45) is 3.04. The highest BCUT2D eigenvalue weighted by molar-refractivity contribution is 7.90. The Labute approximate surface area is 121 Å². The maximum absolute atomic E-state index is 13.2. The molecule has 0 saturated heterocycles. The minimum Gasteiger partial charge on any atom is -0.346 e. The van der Waals surface area contributed by atoms with Crippen LogP contribution in [-0.2, 0) is 9.84 Å². The van der Waals surface area contributed by atoms with Crippen molar-refractivity contribution in [3.63, 3.8) is 0 Å². The third-order valence-electron chi connectivity index (χ3n) is 3.93. The number of carbonyl (C=O) groups is 1. The molecule has 4 rings (SSSR count). The summed E-state index contributed by atoms with van der Waals surface area (Å²) in [6, 6.07) is 3.15. The maximum Gasteiger partial charge on any atom is 0.253 e. The highest BCUT2D eigenvalue weighted by Crippen LogP contribution is 2.64. The molecule has 108 valence electrons. The zero-order valence-electron chi connectivity index (χ0n) is 10.7. The average Bonchev–Trinajstić information content (AvgIpc) is 2.24. The van der Waals surface area contributed by atoms with Crippen LogP contribution < -0.4 is 5.32 Å². The van der Waals surface area contributed by atoms with E-state index >= 15 is 0 Å². The number of rotatable bonds is 3. The molecule has 0 radical (unpaired) electrons. The van der Waals surface area contributed by atoms with Gasteiger partial charge in [-0.3, -0.25) is 4.79 Å². The first kappa shape index (κ1) is 13.8. The zero-order valence-corrected chi connectivity index (χ0v) is 12.3. The Morgan fingerprint density at radius 3 is 2.45 bits per heavy atom. The van der Waals surface area contributed by atoms with Crippen LogP contribution in [0.25, 0.3) is 0 Å². The van der Waals surface area contributed by atoms with Crippen molar-refractivity contribution in [3.05, 3.63) is 29.6 Å². The number of halogens is 2. The average molecular weight is 318 g/mol. The molecular formula is C13H13ClFNO3S. The van der Waals surface area contributed by atoms with Crippen LogP contribution in [-0.4, -0.2) is 31.0 Å². The van der Waals surface area contributed by atoms with E-state index in [-0.39, 0.29) is 20.9 Å². The molecule has 4 nitrogen and oxygen atoms in total. The Balaban J connectivity index is 1.89. The lowest BCUT2D eigenvalue weighted by Gasteiger charge is -2.67. The van der Waals surface area contributed by atoms with E-state index in [1.165, 1.54) is 6.07 Å². The van der Waals surface area contributed by atoms with Crippen LogP contribution in [0.3, 0.4) is 0 Å². The number of carbonyl (C=O) groups excluding carboxylic acids is 1. The lowest BCUT2D eigenvalue weighted by atomic mass is 9.49. The van der Waals surface area contributed by atoms with Crippen molar-refractivity contribution in [2.75, 3.05) is 6.26 Å². The number of sulfone groups is 1. The van der Waals surface area contributed by atoms with E-state index in [0.29, 0.717) is 19.3 Å². The molecule has 0 aliphatic heterocycles. The molecule has 1 N–H and O–H groups in total. The molecule has 3 saturated carbocycles. The Hall–Kier alpha value is -1.14. The summed E-state index contributed by atoms with van der Waals surface area (Å²) in [4.78, 5) is 11.7. The van der Waals surface area contributed by atoms with E-state index in [4.69, 9.17) is 11.6 Å². The summed E-state index contributed by atoms with van der Waals surface area (Å²) >= 11 is 6.12. The smallest absolute Gasteiger partial charge is 0.253 e. The molecule has 0 atom stereocenters. The highest BCUT2D eigenvalue weighted by Gasteiger charge is 2.68. The molecule has 20 heavy (non-hydrogen) atoms. The van der Waals surface area contributed by atoms with Crippen LogP contribution in [0.15, 0.2) is 23.1 Å². The molecule has 3 fully saturated rings. The van der Waals surface area contributed by atoms with E-state index in [1.807, 2.05) is 0 Å². The van der Waals surface area contributed by atoms with Gasteiger partial charge in [0.2, 0.25) is 0 Å². The quantitative estimate of drug-likeness (QED) is 0.866. The molecule has 0 unspecified atom stereocenters. The Bertz CT molecular complexity index is 697. The van der Waals surface area contributed by atoms with Crippen LogP contribution in [0.4, 0.5) is 4.39 Å². The van der Waals surface area contributed by atoms with Gasteiger partial charge in [-0.15, -0.1) is 11.6 Å². The fourth-order valence-corrected chi connectivity index (χ4v) is 4.75. The van der Waals surface area contributed by atoms with Crippen molar-refractivity contribution in [2.24, 2.45) is 0 Å². The van der Waals surface area contributed by atoms with Gasteiger partial charge in [-0.25, -0.2) is 12.8 Å². The second kappa shape index (κ2) is 3.95. The van der Waals surface area contributed by atoms with Crippen molar-refractivity contribution in [1.29, 1.82) is 0 Å². The highest BCUT2D eigenvalue weighted by atomic mass is 35.5. The van der Waals surface area contributed by atoms with E-state index in [9.17, 15) is 17.6 Å². The van der Waals surface area contributed by atoms with Crippen LogP contribution in [0.1, 0.15) is 29.6 Å². The number of amides is 1. The molecular weight excluding hydrogens is 305 g/mol. The van der Waals surface area contributed by atoms with Gasteiger partial charge >= 0.3 is 0 Å². The summed E-state index contributed by atoms with van der Waals surface area (Å²) in [5.74, 6) is -1.18. The summed E-state index contributed by atoms with van der Waals surface area (Å²) in [5.41, 5.74) is -0.329. The lowest BCUT2D eigenvalue weighted by molar-refractivity contribution is -0.0194. The molecule has 1 aromatic rings. The summed E-state index contributed by atoms with van der Waals surface area (Å²) in [5, 5.41) is 2.82. The van der Waals surface area contributed by atoms with E-state index < -0.39 is 21.6 Å². The van der Waals surface area contributed by atoms with Crippen molar-refractivity contribution >= 4 is 27.3 Å². The predicted molar refractivity (Wildman–Crippen MR) is 72.1 cm³/mol. The number of nitrogens with one attached hydrogen (secondary N) is 1. The Morgan fingerprint density at radius 2 is 1.95 bits per heavy atom. The van der Waals surface area contributed by atoms with Crippen LogP contribution in [0, 0.1) is 5.82 Å². The van der Waals surface area contributed by atoms with Crippen molar-refractivity contribution < 1.29 is 17.6 Å². The second-order valence-electron chi connectivity index (χ2n) is 5.83. The standard InChI is InChI=1S/C13H13ClFNO3S/c1-20(18,19)10-4-8(15)2-3-9(10)11(17)16-13-5-12(14,6-13)7-13/h2-4H,5-7H2,1H3,(H,16,17). The van der Waals surface area contributed by atoms with Gasteiger partial charge in [-0.1, -0.05) is 0 Å². The fourth-order valence-electron chi connectivity index (χ4n) is 3.10. The van der Waals surface area contributed by atoms with Gasteiger partial charge in [-0.05, 0) is 37.5 Å². The number of hydrogen-bond acceptors (Lipinski definition) is 3. The molecule has 0 heterocycles. The van der Waals surface area contributed by atoms with Gasteiger partial charge in [-0.2, -0.15) is 0 Å².